The number of hydrogen-bond acceptors (Lipinski definition) is 3. The molecule has 1 aliphatic heterocycles. The minimum absolute atomic E-state index is 0.0220. The van der Waals surface area contributed by atoms with Crippen molar-refractivity contribution < 1.29 is 19.4 Å². The van der Waals surface area contributed by atoms with Gasteiger partial charge in [0.2, 0.25) is 0 Å². The zero-order chi connectivity index (χ0) is 17.5. The Kier molecular flexibility index (Phi) is 6.91. The first-order chi connectivity index (χ1) is 11.5. The molecule has 1 aliphatic rings. The van der Waals surface area contributed by atoms with Crippen LogP contribution < -0.4 is 4.74 Å². The first kappa shape index (κ1) is 18.6. The van der Waals surface area contributed by atoms with Crippen LogP contribution in [0.5, 0.6) is 5.75 Å². The van der Waals surface area contributed by atoms with Gasteiger partial charge in [0.05, 0.1) is 5.02 Å². The van der Waals surface area contributed by atoms with Crippen LogP contribution in [0.4, 0.5) is 0 Å². The molecule has 0 aromatic heterocycles. The van der Waals surface area contributed by atoms with E-state index in [-0.39, 0.29) is 18.4 Å². The van der Waals surface area contributed by atoms with Gasteiger partial charge in [-0.1, -0.05) is 30.7 Å². The number of ether oxygens (including phenoxy) is 1. The van der Waals surface area contributed by atoms with Crippen molar-refractivity contribution in [3.05, 3.63) is 29.3 Å². The van der Waals surface area contributed by atoms with Crippen molar-refractivity contribution in [2.45, 2.75) is 57.6 Å². The number of benzene rings is 1. The summed E-state index contributed by atoms with van der Waals surface area (Å²) in [7, 11) is 0. The van der Waals surface area contributed by atoms with Crippen molar-refractivity contribution in [1.29, 1.82) is 0 Å². The van der Waals surface area contributed by atoms with Gasteiger partial charge in [-0.15, -0.1) is 0 Å². The number of carbonyl (C=O) groups is 2. The minimum Gasteiger partial charge on any atom is -0.481 e. The van der Waals surface area contributed by atoms with E-state index in [2.05, 4.69) is 0 Å². The van der Waals surface area contributed by atoms with Crippen LogP contribution in [-0.4, -0.2) is 40.6 Å². The highest BCUT2D eigenvalue weighted by Crippen LogP contribution is 2.27. The fraction of sp³-hybridized carbons (Fsp3) is 0.556. The largest absolute Gasteiger partial charge is 0.481 e. The maximum atomic E-state index is 12.9. The van der Waals surface area contributed by atoms with Crippen LogP contribution in [0.15, 0.2) is 24.3 Å². The van der Waals surface area contributed by atoms with E-state index in [0.29, 0.717) is 30.2 Å². The quantitative estimate of drug-likeness (QED) is 0.810. The maximum Gasteiger partial charge on any atom is 0.303 e. The topological polar surface area (TPSA) is 66.8 Å². The lowest BCUT2D eigenvalue weighted by Gasteiger charge is -2.37. The van der Waals surface area contributed by atoms with E-state index < -0.39 is 12.1 Å². The summed E-state index contributed by atoms with van der Waals surface area (Å²) < 4.78 is 5.84. The van der Waals surface area contributed by atoms with Gasteiger partial charge in [-0.2, -0.15) is 0 Å². The Labute approximate surface area is 147 Å². The molecule has 0 radical (unpaired) electrons. The zero-order valence-electron chi connectivity index (χ0n) is 13.9. The first-order valence-electron chi connectivity index (χ1n) is 8.46. The number of nitrogens with zero attached hydrogens (tertiary/aromatic N) is 1. The number of hydrogen-bond donors (Lipinski definition) is 1. The van der Waals surface area contributed by atoms with Gasteiger partial charge in [0.1, 0.15) is 5.75 Å². The third kappa shape index (κ3) is 4.87. The number of rotatable bonds is 7. The number of halogens is 1. The summed E-state index contributed by atoms with van der Waals surface area (Å²) in [5, 5.41) is 9.38. The Morgan fingerprint density at radius 2 is 2.12 bits per heavy atom. The van der Waals surface area contributed by atoms with E-state index >= 15 is 0 Å². The van der Waals surface area contributed by atoms with E-state index in [9.17, 15) is 9.59 Å². The van der Waals surface area contributed by atoms with Gasteiger partial charge in [0.15, 0.2) is 6.10 Å². The third-order valence-electron chi connectivity index (χ3n) is 4.35. The Hall–Kier alpha value is -1.75. The van der Waals surface area contributed by atoms with Gasteiger partial charge < -0.3 is 14.7 Å². The van der Waals surface area contributed by atoms with Gasteiger partial charge in [-0.05, 0) is 44.2 Å². The van der Waals surface area contributed by atoms with Crippen molar-refractivity contribution in [2.24, 2.45) is 0 Å². The van der Waals surface area contributed by atoms with Gasteiger partial charge in [0, 0.05) is 19.0 Å². The summed E-state index contributed by atoms with van der Waals surface area (Å²) in [4.78, 5) is 25.6. The highest BCUT2D eigenvalue weighted by molar-refractivity contribution is 6.32. The Morgan fingerprint density at radius 3 is 2.79 bits per heavy atom. The highest BCUT2D eigenvalue weighted by atomic mass is 35.5. The number of piperidine rings is 1. The van der Waals surface area contributed by atoms with Crippen LogP contribution in [0, 0.1) is 0 Å². The second-order valence-electron chi connectivity index (χ2n) is 6.06. The Bertz CT molecular complexity index is 578. The molecule has 1 aromatic rings. The first-order valence-corrected chi connectivity index (χ1v) is 8.84. The van der Waals surface area contributed by atoms with E-state index in [1.54, 1.807) is 17.0 Å². The average Bonchev–Trinajstić information content (AvgIpc) is 2.59. The number of carboxylic acids is 1. The smallest absolute Gasteiger partial charge is 0.303 e. The molecule has 1 N–H and O–H groups in total. The molecular weight excluding hydrogens is 330 g/mol. The predicted molar refractivity (Wildman–Crippen MR) is 92.4 cm³/mol. The molecule has 0 aliphatic carbocycles. The SMILES string of the molecule is CCC(Oc1ccccc1Cl)C(=O)N1CCCCC1CCC(=O)O. The fourth-order valence-corrected chi connectivity index (χ4v) is 3.25. The molecule has 24 heavy (non-hydrogen) atoms. The summed E-state index contributed by atoms with van der Waals surface area (Å²) in [6.07, 6.45) is 3.32. The van der Waals surface area contributed by atoms with Gasteiger partial charge in [-0.25, -0.2) is 0 Å². The number of likely N-dealkylation sites (tertiary alicyclic amines) is 1. The number of amides is 1. The van der Waals surface area contributed by atoms with Gasteiger partial charge in [-0.3, -0.25) is 9.59 Å². The molecule has 132 valence electrons. The van der Waals surface area contributed by atoms with Gasteiger partial charge in [0.25, 0.3) is 5.91 Å². The number of para-hydroxylation sites is 1. The normalized spacial score (nSPS) is 18.9. The van der Waals surface area contributed by atoms with E-state index in [1.807, 2.05) is 19.1 Å². The summed E-state index contributed by atoms with van der Waals surface area (Å²) in [6, 6.07) is 7.08. The van der Waals surface area contributed by atoms with Crippen LogP contribution >= 0.6 is 11.6 Å². The number of carboxylic acid groups (broad SMARTS) is 1. The second-order valence-corrected chi connectivity index (χ2v) is 6.47. The van der Waals surface area contributed by atoms with Crippen LogP contribution in [-0.2, 0) is 9.59 Å². The van der Waals surface area contributed by atoms with E-state index in [1.165, 1.54) is 0 Å². The molecule has 0 bridgehead atoms. The lowest BCUT2D eigenvalue weighted by atomic mass is 9.97. The molecule has 1 amide bonds. The fourth-order valence-electron chi connectivity index (χ4n) is 3.07. The molecule has 2 rings (SSSR count). The number of aliphatic carboxylic acids is 1. The summed E-state index contributed by atoms with van der Waals surface area (Å²) in [6.45, 7) is 2.56. The summed E-state index contributed by atoms with van der Waals surface area (Å²) in [5.74, 6) is -0.404. The van der Waals surface area contributed by atoms with Crippen LogP contribution in [0.2, 0.25) is 5.02 Å². The predicted octanol–water partition coefficient (Wildman–Crippen LogP) is 3.74. The highest BCUT2D eigenvalue weighted by Gasteiger charge is 2.32. The molecule has 0 spiro atoms. The van der Waals surface area contributed by atoms with E-state index in [0.717, 1.165) is 19.3 Å². The number of carbonyl (C=O) groups excluding carboxylic acids is 1. The second kappa shape index (κ2) is 8.92. The Balaban J connectivity index is 2.07. The average molecular weight is 354 g/mol. The van der Waals surface area contributed by atoms with Crippen molar-refractivity contribution in [2.75, 3.05) is 6.54 Å². The molecule has 5 nitrogen and oxygen atoms in total. The van der Waals surface area contributed by atoms with Crippen molar-refractivity contribution >= 4 is 23.5 Å². The van der Waals surface area contributed by atoms with Gasteiger partial charge >= 0.3 is 5.97 Å². The van der Waals surface area contributed by atoms with Crippen molar-refractivity contribution in [1.82, 2.24) is 4.90 Å². The molecule has 1 fully saturated rings. The van der Waals surface area contributed by atoms with Crippen LogP contribution in [0.1, 0.15) is 45.4 Å². The minimum atomic E-state index is -0.827. The molecule has 6 heteroatoms. The molecule has 2 atom stereocenters. The molecule has 1 heterocycles. The molecular formula is C18H24ClNO4. The maximum absolute atomic E-state index is 12.9. The summed E-state index contributed by atoms with van der Waals surface area (Å²) in [5.41, 5.74) is 0. The van der Waals surface area contributed by atoms with Crippen molar-refractivity contribution in [3.63, 3.8) is 0 Å². The zero-order valence-corrected chi connectivity index (χ0v) is 14.7. The molecule has 1 saturated heterocycles. The lowest BCUT2D eigenvalue weighted by molar-refractivity contribution is -0.144. The lowest BCUT2D eigenvalue weighted by Crippen LogP contribution is -2.49. The molecule has 1 aromatic carbocycles. The third-order valence-corrected chi connectivity index (χ3v) is 4.67. The Morgan fingerprint density at radius 1 is 1.38 bits per heavy atom. The summed E-state index contributed by atoms with van der Waals surface area (Å²) >= 11 is 6.11. The van der Waals surface area contributed by atoms with Crippen molar-refractivity contribution in [3.8, 4) is 5.75 Å². The van der Waals surface area contributed by atoms with E-state index in [4.69, 9.17) is 21.4 Å². The molecule has 0 saturated carbocycles. The monoisotopic (exact) mass is 353 g/mol. The standard InChI is InChI=1S/C18H24ClNO4/c1-2-15(24-16-9-4-3-8-14(16)19)18(23)20-12-6-5-7-13(20)10-11-17(21)22/h3-4,8-9,13,15H,2,5-7,10-12H2,1H3,(H,21,22). The van der Waals surface area contributed by atoms with Crippen LogP contribution in [0.3, 0.4) is 0 Å². The molecule has 2 unspecified atom stereocenters. The van der Waals surface area contributed by atoms with Crippen LogP contribution in [0.25, 0.3) is 0 Å².